The monoisotopic (exact) mass is 419 g/mol. The molecule has 2 aromatic carbocycles. The summed E-state index contributed by atoms with van der Waals surface area (Å²) in [5, 5.41) is 3.69. The lowest BCUT2D eigenvalue weighted by atomic mass is 9.97. The highest BCUT2D eigenvalue weighted by Crippen LogP contribution is 2.34. The Morgan fingerprint density at radius 3 is 2.33 bits per heavy atom. The zero-order valence-corrected chi connectivity index (χ0v) is 17.3. The van der Waals surface area contributed by atoms with Crippen LogP contribution in [0.15, 0.2) is 71.3 Å². The van der Waals surface area contributed by atoms with Crippen molar-refractivity contribution in [1.29, 1.82) is 0 Å². The van der Waals surface area contributed by atoms with Crippen molar-refractivity contribution in [3.05, 3.63) is 93.7 Å². The van der Waals surface area contributed by atoms with Crippen molar-refractivity contribution < 1.29 is 0 Å². The third kappa shape index (κ3) is 3.37. The van der Waals surface area contributed by atoms with E-state index in [0.717, 1.165) is 27.3 Å². The lowest BCUT2D eigenvalue weighted by Gasteiger charge is -2.17. The number of imidazole rings is 1. The van der Waals surface area contributed by atoms with Crippen molar-refractivity contribution in [2.45, 2.75) is 26.7 Å². The van der Waals surface area contributed by atoms with Crippen LogP contribution in [-0.4, -0.2) is 9.38 Å². The fraction of sp³-hybridized carbons (Fsp3) is 0.174. The first-order valence-corrected chi connectivity index (χ1v) is 9.89. The van der Waals surface area contributed by atoms with Gasteiger partial charge < -0.3 is 5.32 Å². The Hall–Kier alpha value is -2.59. The van der Waals surface area contributed by atoms with Crippen LogP contribution in [0.4, 0.5) is 11.5 Å². The Labute approximate surface area is 168 Å². The minimum absolute atomic E-state index is 0.177. The summed E-state index contributed by atoms with van der Waals surface area (Å²) in [6.07, 6.45) is 2.07. The van der Waals surface area contributed by atoms with Gasteiger partial charge in [0.15, 0.2) is 0 Å². The Bertz CT molecular complexity index is 1080. The molecule has 4 rings (SSSR count). The predicted molar refractivity (Wildman–Crippen MR) is 116 cm³/mol. The van der Waals surface area contributed by atoms with Gasteiger partial charge >= 0.3 is 0 Å². The van der Waals surface area contributed by atoms with Crippen LogP contribution in [0.25, 0.3) is 5.65 Å². The fourth-order valence-electron chi connectivity index (χ4n) is 3.49. The maximum Gasteiger partial charge on any atom is 0.139 e. The van der Waals surface area contributed by atoms with E-state index in [-0.39, 0.29) is 5.92 Å². The highest BCUT2D eigenvalue weighted by Gasteiger charge is 2.20. The molecule has 136 valence electrons. The molecule has 0 radical (unpaired) electrons. The van der Waals surface area contributed by atoms with Gasteiger partial charge in [-0.05, 0) is 58.6 Å². The van der Waals surface area contributed by atoms with E-state index in [0.29, 0.717) is 0 Å². The smallest absolute Gasteiger partial charge is 0.139 e. The molecule has 3 nitrogen and oxygen atoms in total. The number of hydrogen-bond acceptors (Lipinski definition) is 2. The minimum Gasteiger partial charge on any atom is -0.339 e. The van der Waals surface area contributed by atoms with Gasteiger partial charge in [-0.15, -0.1) is 0 Å². The van der Waals surface area contributed by atoms with E-state index in [1.165, 1.54) is 16.7 Å². The molecule has 0 aliphatic rings. The van der Waals surface area contributed by atoms with Gasteiger partial charge in [0.1, 0.15) is 11.5 Å². The third-order valence-electron chi connectivity index (χ3n) is 5.04. The van der Waals surface area contributed by atoms with Gasteiger partial charge in [0.05, 0.1) is 5.69 Å². The summed E-state index contributed by atoms with van der Waals surface area (Å²) in [6.45, 7) is 6.48. The van der Waals surface area contributed by atoms with Gasteiger partial charge in [-0.3, -0.25) is 4.40 Å². The summed E-state index contributed by atoms with van der Waals surface area (Å²) in [5.41, 5.74) is 6.81. The molecule has 0 fully saturated rings. The highest BCUT2D eigenvalue weighted by molar-refractivity contribution is 9.10. The van der Waals surface area contributed by atoms with Crippen LogP contribution in [0, 0.1) is 13.8 Å². The second kappa shape index (κ2) is 7.20. The first-order chi connectivity index (χ1) is 13.0. The van der Waals surface area contributed by atoms with Gasteiger partial charge in [0.2, 0.25) is 0 Å². The molecule has 1 N–H and O–H groups in total. The van der Waals surface area contributed by atoms with Crippen molar-refractivity contribution >= 4 is 33.1 Å². The molecule has 0 bridgehead atoms. The summed E-state index contributed by atoms with van der Waals surface area (Å²) >= 11 is 3.60. The molecule has 4 aromatic rings. The quantitative estimate of drug-likeness (QED) is 0.403. The highest BCUT2D eigenvalue weighted by atomic mass is 79.9. The number of benzene rings is 2. The van der Waals surface area contributed by atoms with Crippen LogP contribution in [0.3, 0.4) is 0 Å². The Morgan fingerprint density at radius 2 is 1.63 bits per heavy atom. The van der Waals surface area contributed by atoms with Crippen LogP contribution in [0.2, 0.25) is 0 Å². The number of halogens is 1. The van der Waals surface area contributed by atoms with E-state index in [2.05, 4.69) is 95.1 Å². The van der Waals surface area contributed by atoms with Crippen molar-refractivity contribution in [1.82, 2.24) is 9.38 Å². The average Bonchev–Trinajstić information content (AvgIpc) is 3.02. The summed E-state index contributed by atoms with van der Waals surface area (Å²) in [7, 11) is 0. The molecule has 0 aliphatic carbocycles. The van der Waals surface area contributed by atoms with Crippen molar-refractivity contribution in [3.63, 3.8) is 0 Å². The standard InChI is InChI=1S/C23H22BrN3/c1-15-8-7-9-16(2)21(15)26-23-22(17(3)18-10-5-4-6-11-18)25-20-13-12-19(24)14-27(20)23/h4-14,17,26H,1-3H3/t17-/m0/s1. The zero-order chi connectivity index (χ0) is 19.0. The average molecular weight is 420 g/mol. The third-order valence-corrected chi connectivity index (χ3v) is 5.51. The molecule has 0 amide bonds. The Kier molecular flexibility index (Phi) is 4.75. The number of pyridine rings is 1. The van der Waals surface area contributed by atoms with Crippen molar-refractivity contribution in [2.75, 3.05) is 5.32 Å². The van der Waals surface area contributed by atoms with Crippen LogP contribution in [-0.2, 0) is 0 Å². The first-order valence-electron chi connectivity index (χ1n) is 9.10. The topological polar surface area (TPSA) is 29.3 Å². The van der Waals surface area contributed by atoms with Crippen LogP contribution in [0.1, 0.15) is 35.2 Å². The molecule has 0 saturated heterocycles. The van der Waals surface area contributed by atoms with E-state index in [4.69, 9.17) is 4.98 Å². The largest absolute Gasteiger partial charge is 0.339 e. The molecular formula is C23H22BrN3. The Balaban J connectivity index is 1.90. The van der Waals surface area contributed by atoms with E-state index in [9.17, 15) is 0 Å². The number of anilines is 2. The van der Waals surface area contributed by atoms with Crippen molar-refractivity contribution in [3.8, 4) is 0 Å². The number of nitrogens with zero attached hydrogens (tertiary/aromatic N) is 2. The summed E-state index contributed by atoms with van der Waals surface area (Å²) in [4.78, 5) is 4.97. The number of hydrogen-bond donors (Lipinski definition) is 1. The molecule has 2 heterocycles. The molecule has 4 heteroatoms. The number of aromatic nitrogens is 2. The van der Waals surface area contributed by atoms with Crippen LogP contribution >= 0.6 is 15.9 Å². The number of para-hydroxylation sites is 1. The molecule has 27 heavy (non-hydrogen) atoms. The van der Waals surface area contributed by atoms with E-state index < -0.39 is 0 Å². The van der Waals surface area contributed by atoms with Gasteiger partial charge in [0, 0.05) is 22.3 Å². The summed E-state index contributed by atoms with van der Waals surface area (Å²) in [5.74, 6) is 1.19. The van der Waals surface area contributed by atoms with Gasteiger partial charge in [-0.25, -0.2) is 4.98 Å². The molecule has 0 aliphatic heterocycles. The molecule has 2 aromatic heterocycles. The molecule has 0 saturated carbocycles. The Morgan fingerprint density at radius 1 is 0.926 bits per heavy atom. The lowest BCUT2D eigenvalue weighted by Crippen LogP contribution is -2.05. The SMILES string of the molecule is Cc1cccc(C)c1Nc1c([C@@H](C)c2ccccc2)nc2ccc(Br)cn12. The fourth-order valence-corrected chi connectivity index (χ4v) is 3.83. The molecule has 0 spiro atoms. The molecular weight excluding hydrogens is 398 g/mol. The second-order valence-corrected chi connectivity index (χ2v) is 7.86. The molecule has 0 unspecified atom stereocenters. The van der Waals surface area contributed by atoms with Gasteiger partial charge in [-0.1, -0.05) is 55.5 Å². The lowest BCUT2D eigenvalue weighted by molar-refractivity contribution is 0.888. The van der Waals surface area contributed by atoms with E-state index in [1.807, 2.05) is 18.2 Å². The normalized spacial score (nSPS) is 12.3. The summed E-state index contributed by atoms with van der Waals surface area (Å²) < 4.78 is 3.15. The van der Waals surface area contributed by atoms with Gasteiger partial charge in [0.25, 0.3) is 0 Å². The summed E-state index contributed by atoms with van der Waals surface area (Å²) in [6, 6.07) is 21.0. The van der Waals surface area contributed by atoms with Crippen LogP contribution in [0.5, 0.6) is 0 Å². The van der Waals surface area contributed by atoms with E-state index in [1.54, 1.807) is 0 Å². The number of fused-ring (bicyclic) bond motifs is 1. The second-order valence-electron chi connectivity index (χ2n) is 6.95. The van der Waals surface area contributed by atoms with Gasteiger partial charge in [-0.2, -0.15) is 0 Å². The minimum atomic E-state index is 0.177. The van der Waals surface area contributed by atoms with Crippen molar-refractivity contribution in [2.24, 2.45) is 0 Å². The predicted octanol–water partition coefficient (Wildman–Crippen LogP) is 6.61. The van der Waals surface area contributed by atoms with E-state index >= 15 is 0 Å². The maximum atomic E-state index is 4.97. The number of rotatable bonds is 4. The zero-order valence-electron chi connectivity index (χ0n) is 15.7. The first kappa shape index (κ1) is 17.8. The number of aryl methyl sites for hydroxylation is 2. The number of nitrogens with one attached hydrogen (secondary N) is 1. The molecule has 1 atom stereocenters. The maximum absolute atomic E-state index is 4.97. The van der Waals surface area contributed by atoms with Crippen LogP contribution < -0.4 is 5.32 Å².